The minimum atomic E-state index is -4.26. The lowest BCUT2D eigenvalue weighted by Gasteiger charge is -2.30. The highest BCUT2D eigenvalue weighted by atomic mass is 32.7. The van der Waals surface area contributed by atoms with Crippen LogP contribution in [0.1, 0.15) is 25.6 Å². The summed E-state index contributed by atoms with van der Waals surface area (Å²) in [4.78, 5) is 28.9. The van der Waals surface area contributed by atoms with Crippen molar-refractivity contribution in [3.63, 3.8) is 0 Å². The summed E-state index contributed by atoms with van der Waals surface area (Å²) in [5, 5.41) is 0. The van der Waals surface area contributed by atoms with Crippen molar-refractivity contribution in [3.05, 3.63) is 41.5 Å². The Morgan fingerprint density at radius 2 is 1.73 bits per heavy atom. The third-order valence-electron chi connectivity index (χ3n) is 8.21. The lowest BCUT2D eigenvalue weighted by atomic mass is 10.1. The third kappa shape index (κ3) is 5.11. The van der Waals surface area contributed by atoms with Gasteiger partial charge in [-0.15, -0.1) is 0 Å². The van der Waals surface area contributed by atoms with Crippen molar-refractivity contribution in [2.75, 3.05) is 12.3 Å². The van der Waals surface area contributed by atoms with Gasteiger partial charge in [-0.25, -0.2) is 33.5 Å². The van der Waals surface area contributed by atoms with Crippen molar-refractivity contribution in [1.82, 2.24) is 33.6 Å². The predicted octanol–water partition coefficient (Wildman–Crippen LogP) is 3.24. The number of halogens is 1. The smallest absolute Gasteiger partial charge is 0.382 e. The molecule has 2 unspecified atom stereocenters. The molecule has 3 fully saturated rings. The largest absolute Gasteiger partial charge is 0.386 e. The van der Waals surface area contributed by atoms with Crippen molar-refractivity contribution in [1.29, 1.82) is 0 Å². The molecule has 1 aliphatic carbocycles. The summed E-state index contributed by atoms with van der Waals surface area (Å²) in [6.45, 7) is -7.17. The zero-order valence-corrected chi connectivity index (χ0v) is 26.6. The molecule has 44 heavy (non-hydrogen) atoms. The van der Waals surface area contributed by atoms with Crippen LogP contribution in [-0.4, -0.2) is 70.8 Å². The van der Waals surface area contributed by atoms with Gasteiger partial charge in [0.15, 0.2) is 29.4 Å². The Hall–Kier alpha value is -2.34. The molecule has 2 saturated heterocycles. The summed E-state index contributed by atoms with van der Waals surface area (Å²) in [7, 11) is 1.75. The van der Waals surface area contributed by atoms with E-state index in [-0.39, 0.29) is 34.3 Å². The fourth-order valence-electron chi connectivity index (χ4n) is 6.11. The first-order valence-corrected chi connectivity index (χ1v) is 18.8. The van der Waals surface area contributed by atoms with Crippen LogP contribution in [-0.2, 0) is 39.0 Å². The van der Waals surface area contributed by atoms with E-state index in [1.54, 1.807) is 29.3 Å². The molecule has 21 heteroatoms. The molecular weight excluding hydrogens is 661 g/mol. The van der Waals surface area contributed by atoms with E-state index in [4.69, 9.17) is 28.6 Å². The molecule has 16 nitrogen and oxygen atoms in total. The highest BCUT2D eigenvalue weighted by molar-refractivity contribution is 8.44. The van der Waals surface area contributed by atoms with Crippen molar-refractivity contribution in [2.24, 2.45) is 13.0 Å². The molecule has 236 valence electrons. The highest BCUT2D eigenvalue weighted by Gasteiger charge is 2.54. The molecule has 10 atom stereocenters. The summed E-state index contributed by atoms with van der Waals surface area (Å²) in [6.07, 6.45) is -2.09. The van der Waals surface area contributed by atoms with Crippen LogP contribution in [0, 0.1) is 5.92 Å². The Morgan fingerprint density at radius 1 is 1.00 bits per heavy atom. The van der Waals surface area contributed by atoms with Gasteiger partial charge in [0.2, 0.25) is 5.43 Å². The van der Waals surface area contributed by atoms with E-state index in [9.17, 15) is 13.9 Å². The molecule has 1 saturated carbocycles. The van der Waals surface area contributed by atoms with E-state index in [2.05, 4.69) is 44.4 Å². The first kappa shape index (κ1) is 30.3. The average Bonchev–Trinajstić information content (AvgIpc) is 3.72. The lowest BCUT2D eigenvalue weighted by Crippen LogP contribution is -2.35. The minimum Gasteiger partial charge on any atom is -0.382 e. The zero-order chi connectivity index (χ0) is 31.1. The molecule has 0 spiro atoms. The molecule has 4 aromatic heterocycles. The summed E-state index contributed by atoms with van der Waals surface area (Å²) in [6, 6.07) is 0.792. The number of nitrogen functional groups attached to an aromatic ring is 1. The van der Waals surface area contributed by atoms with Gasteiger partial charge in [0.05, 0.1) is 37.5 Å². The Labute approximate surface area is 258 Å². The Morgan fingerprint density at radius 3 is 2.52 bits per heavy atom. The van der Waals surface area contributed by atoms with E-state index < -0.39 is 69.0 Å². The molecule has 3 aliphatic rings. The second-order valence-electron chi connectivity index (χ2n) is 10.9. The van der Waals surface area contributed by atoms with Crippen LogP contribution in [0.2, 0.25) is 0 Å². The number of rotatable bonds is 2. The second-order valence-corrected chi connectivity index (χ2v) is 16.6. The van der Waals surface area contributed by atoms with Crippen molar-refractivity contribution >= 4 is 66.2 Å². The summed E-state index contributed by atoms with van der Waals surface area (Å²) in [5.41, 5.74) is 6.73. The molecule has 2 bridgehead atoms. The number of thiol groups is 2. The first-order valence-electron chi connectivity index (χ1n) is 13.4. The average molecular weight is 689 g/mol. The first-order chi connectivity index (χ1) is 20.8. The normalized spacial score (nSPS) is 38.0. The maximum absolute atomic E-state index is 16.1. The standard InChI is InChI=1S/C23H27FN8O8P2S2/c1-10-13-5-11(31-8-28-16-12(33)3-4-30(2)22(16)31)18(10)39-41(34,43)36-6-14-19(40-42(35,44)38-13)15(24)23(37-14)32-9-29-17-20(25)26-7-27-21(17)32/h3-4,7-11,13-15,18-19,23H,5-6H2,1-2H3,(H,34,43)(H,35,44)(H2,25,26,27)/t10-,11-,13+,14-,15-,18-,19-,23-,41?,42?/m1/s1. The molecule has 7 rings (SSSR count). The van der Waals surface area contributed by atoms with Crippen LogP contribution in [0.3, 0.4) is 0 Å². The van der Waals surface area contributed by atoms with E-state index in [0.717, 1.165) is 0 Å². The minimum absolute atomic E-state index is 0.0861. The van der Waals surface area contributed by atoms with Gasteiger partial charge in [0.1, 0.15) is 29.7 Å². The quantitative estimate of drug-likeness (QED) is 0.206. The van der Waals surface area contributed by atoms with Gasteiger partial charge in [-0.2, -0.15) is 0 Å². The van der Waals surface area contributed by atoms with E-state index in [1.807, 2.05) is 0 Å². The number of aryl methyl sites for hydroxylation is 1. The number of aromatic nitrogens is 7. The van der Waals surface area contributed by atoms with Gasteiger partial charge in [0, 0.05) is 25.2 Å². The number of hydrogen-bond acceptors (Lipinski definition) is 13. The predicted molar refractivity (Wildman–Crippen MR) is 160 cm³/mol. The van der Waals surface area contributed by atoms with Crippen LogP contribution in [0.15, 0.2) is 36.0 Å². The molecule has 0 amide bonds. The van der Waals surface area contributed by atoms with Crippen molar-refractivity contribution in [3.8, 4) is 0 Å². The molecule has 2 aliphatic heterocycles. The second kappa shape index (κ2) is 10.9. The van der Waals surface area contributed by atoms with E-state index in [0.29, 0.717) is 5.65 Å². The van der Waals surface area contributed by atoms with Gasteiger partial charge in [0.25, 0.3) is 0 Å². The van der Waals surface area contributed by atoms with Gasteiger partial charge in [-0.05, 0) is 6.42 Å². The SMILES string of the molecule is C[C@H]1[C@H]2OP(=O)(S)OC[C@H]3O[C@@H](n4cnc5c(N)ncnc54)[C@H](F)[C@@H]3OP(=O)(S)O[C@H]1C[C@H]2n1cnc2c(=O)ccn(C)c21. The highest BCUT2D eigenvalue weighted by Crippen LogP contribution is 2.63. The molecule has 2 N–H and O–H groups in total. The summed E-state index contributed by atoms with van der Waals surface area (Å²) >= 11 is 8.41. The topological polar surface area (TPSA) is 190 Å². The molecule has 6 heterocycles. The van der Waals surface area contributed by atoms with Gasteiger partial charge in [-0.1, -0.05) is 31.4 Å². The third-order valence-corrected chi connectivity index (χ3v) is 11.4. The lowest BCUT2D eigenvalue weighted by molar-refractivity contribution is -0.0445. The fraction of sp³-hybridized carbons (Fsp3) is 0.522. The van der Waals surface area contributed by atoms with Crippen molar-refractivity contribution < 1.29 is 36.4 Å². The fourth-order valence-corrected chi connectivity index (χ4v) is 9.59. The number of fused-ring (bicyclic) bond motifs is 5. The van der Waals surface area contributed by atoms with Crippen molar-refractivity contribution in [2.45, 2.75) is 56.2 Å². The number of pyridine rings is 1. The number of nitrogens with zero attached hydrogens (tertiary/aromatic N) is 7. The Balaban J connectivity index is 1.22. The zero-order valence-electron chi connectivity index (χ0n) is 23.1. The maximum Gasteiger partial charge on any atom is 0.386 e. The molecular formula is C23H27FN8O8P2S2. The van der Waals surface area contributed by atoms with Crippen LogP contribution in [0.25, 0.3) is 22.3 Å². The number of hydrogen-bond donors (Lipinski definition) is 3. The summed E-state index contributed by atoms with van der Waals surface area (Å²) < 4.78 is 77.4. The molecule has 0 aromatic carbocycles. The molecule has 4 aromatic rings. The maximum atomic E-state index is 16.1. The monoisotopic (exact) mass is 688 g/mol. The van der Waals surface area contributed by atoms with E-state index in [1.165, 1.54) is 29.6 Å². The Kier molecular flexibility index (Phi) is 7.50. The number of ether oxygens (including phenoxy) is 1. The van der Waals surface area contributed by atoms with Crippen LogP contribution in [0.4, 0.5) is 10.2 Å². The number of nitrogens with two attached hydrogens (primary N) is 1. The number of imidazole rings is 2. The molecule has 0 radical (unpaired) electrons. The van der Waals surface area contributed by atoms with Crippen LogP contribution < -0.4 is 11.2 Å². The number of alkyl halides is 1. The van der Waals surface area contributed by atoms with Gasteiger partial charge < -0.3 is 19.6 Å². The Bertz CT molecular complexity index is 1930. The van der Waals surface area contributed by atoms with Gasteiger partial charge >= 0.3 is 13.6 Å². The van der Waals surface area contributed by atoms with Crippen LogP contribution >= 0.6 is 38.1 Å². The van der Waals surface area contributed by atoms with E-state index >= 15 is 4.39 Å². The number of anilines is 1. The van der Waals surface area contributed by atoms with Crippen LogP contribution in [0.5, 0.6) is 0 Å². The van der Waals surface area contributed by atoms with Gasteiger partial charge in [-0.3, -0.25) is 27.5 Å². The summed E-state index contributed by atoms with van der Waals surface area (Å²) in [5.74, 6) is -0.471.